The summed E-state index contributed by atoms with van der Waals surface area (Å²) in [5.74, 6) is 2.37. The van der Waals surface area contributed by atoms with Crippen molar-refractivity contribution in [1.82, 2.24) is 25.1 Å². The number of amides is 1. The van der Waals surface area contributed by atoms with Gasteiger partial charge in [-0.15, -0.1) is 21.5 Å². The van der Waals surface area contributed by atoms with Crippen molar-refractivity contribution >= 4 is 29.0 Å². The summed E-state index contributed by atoms with van der Waals surface area (Å²) in [7, 11) is 1.66. The second kappa shape index (κ2) is 11.5. The van der Waals surface area contributed by atoms with Crippen LogP contribution in [0.1, 0.15) is 47.7 Å². The summed E-state index contributed by atoms with van der Waals surface area (Å²) in [6.07, 6.45) is 0.641. The van der Waals surface area contributed by atoms with E-state index in [1.807, 2.05) is 59.3 Å². The third-order valence-electron chi connectivity index (χ3n) is 5.70. The highest BCUT2D eigenvalue weighted by atomic mass is 32.2. The van der Waals surface area contributed by atoms with Crippen LogP contribution >= 0.6 is 23.1 Å². The van der Waals surface area contributed by atoms with E-state index in [-0.39, 0.29) is 11.9 Å². The highest BCUT2D eigenvalue weighted by Gasteiger charge is 2.20. The van der Waals surface area contributed by atoms with Gasteiger partial charge in [0.15, 0.2) is 5.16 Å². The average Bonchev–Trinajstić information content (AvgIpc) is 3.50. The average molecular weight is 508 g/mol. The molecule has 2 aromatic heterocycles. The van der Waals surface area contributed by atoms with E-state index in [2.05, 4.69) is 46.5 Å². The van der Waals surface area contributed by atoms with Crippen LogP contribution in [-0.2, 0) is 12.2 Å². The number of rotatable bonds is 10. The summed E-state index contributed by atoms with van der Waals surface area (Å²) in [6, 6.07) is 18.1. The van der Waals surface area contributed by atoms with Crippen LogP contribution in [0.5, 0.6) is 5.75 Å². The summed E-state index contributed by atoms with van der Waals surface area (Å²) in [5.41, 5.74) is 2.49. The lowest BCUT2D eigenvalue weighted by atomic mass is 10.1. The van der Waals surface area contributed by atoms with E-state index in [4.69, 9.17) is 4.74 Å². The second-order valence-electron chi connectivity index (χ2n) is 8.49. The monoisotopic (exact) mass is 507 g/mol. The van der Waals surface area contributed by atoms with E-state index in [0.29, 0.717) is 23.8 Å². The fourth-order valence-corrected chi connectivity index (χ4v) is 5.15. The lowest BCUT2D eigenvalue weighted by Crippen LogP contribution is -2.36. The number of thiazole rings is 1. The molecule has 9 heteroatoms. The number of ether oxygens (including phenoxy) is 1. The number of carbonyl (C=O) groups excluding carboxylic acids is 1. The van der Waals surface area contributed by atoms with Crippen LogP contribution < -0.4 is 10.1 Å². The fraction of sp³-hybridized carbons (Fsp3) is 0.308. The molecule has 35 heavy (non-hydrogen) atoms. The molecule has 0 fully saturated rings. The van der Waals surface area contributed by atoms with Gasteiger partial charge >= 0.3 is 0 Å². The van der Waals surface area contributed by atoms with Gasteiger partial charge in [0.1, 0.15) is 22.3 Å². The summed E-state index contributed by atoms with van der Waals surface area (Å²) in [6.45, 7) is 6.17. The van der Waals surface area contributed by atoms with Gasteiger partial charge in [-0.3, -0.25) is 9.36 Å². The molecule has 1 amide bonds. The summed E-state index contributed by atoms with van der Waals surface area (Å²) in [5, 5.41) is 15.4. The molecule has 0 radical (unpaired) electrons. The second-order valence-corrected chi connectivity index (χ2v) is 10.4. The van der Waals surface area contributed by atoms with Gasteiger partial charge in [-0.05, 0) is 30.5 Å². The van der Waals surface area contributed by atoms with E-state index in [1.54, 1.807) is 7.11 Å². The molecule has 0 saturated heterocycles. The van der Waals surface area contributed by atoms with E-state index in [9.17, 15) is 4.79 Å². The molecule has 0 saturated carbocycles. The first-order valence-electron chi connectivity index (χ1n) is 11.5. The highest BCUT2D eigenvalue weighted by Crippen LogP contribution is 2.31. The lowest BCUT2D eigenvalue weighted by Gasteiger charge is -2.16. The number of methoxy groups -OCH3 is 1. The van der Waals surface area contributed by atoms with Gasteiger partial charge < -0.3 is 10.1 Å². The molecule has 182 valence electrons. The number of hydrogen-bond acceptors (Lipinski definition) is 7. The van der Waals surface area contributed by atoms with Crippen LogP contribution in [0, 0.1) is 5.92 Å². The minimum Gasteiger partial charge on any atom is -0.495 e. The Kier molecular flexibility index (Phi) is 8.20. The lowest BCUT2D eigenvalue weighted by molar-refractivity contribution is 0.0926. The Balaban J connectivity index is 1.56. The van der Waals surface area contributed by atoms with Gasteiger partial charge in [0.05, 0.1) is 18.6 Å². The molecule has 0 aliphatic rings. The third-order valence-corrected chi connectivity index (χ3v) is 7.67. The van der Waals surface area contributed by atoms with Crippen molar-refractivity contribution in [2.24, 2.45) is 5.92 Å². The quantitative estimate of drug-likeness (QED) is 0.290. The largest absolute Gasteiger partial charge is 0.495 e. The van der Waals surface area contributed by atoms with E-state index < -0.39 is 0 Å². The number of aromatic nitrogens is 4. The SMILES string of the molecule is COc1ccccc1-n1c(Cc2ccccc2)nnc1SCc1nc(C(=O)NC(C)C(C)C)cs1. The standard InChI is InChI=1S/C26H29N5O2S2/c1-17(2)18(3)27-25(32)20-15-34-24(28-20)16-35-26-30-29-23(14-19-10-6-5-7-11-19)31(26)21-12-8-9-13-22(21)33-4/h5-13,15,17-18H,14,16H2,1-4H3,(H,27,32). The van der Waals surface area contributed by atoms with E-state index >= 15 is 0 Å². The van der Waals surface area contributed by atoms with Gasteiger partial charge in [-0.25, -0.2) is 4.98 Å². The Labute approximate surface area is 214 Å². The Morgan fingerprint density at radius 3 is 2.57 bits per heavy atom. The molecule has 0 aliphatic carbocycles. The van der Waals surface area contributed by atoms with Gasteiger partial charge in [0, 0.05) is 17.8 Å². The van der Waals surface area contributed by atoms with Crippen molar-refractivity contribution in [1.29, 1.82) is 0 Å². The van der Waals surface area contributed by atoms with Crippen molar-refractivity contribution in [2.75, 3.05) is 7.11 Å². The highest BCUT2D eigenvalue weighted by molar-refractivity contribution is 7.98. The first-order valence-corrected chi connectivity index (χ1v) is 13.3. The molecule has 2 aromatic carbocycles. The molecule has 0 aliphatic heterocycles. The molecule has 4 rings (SSSR count). The van der Waals surface area contributed by atoms with Crippen LogP contribution in [0.2, 0.25) is 0 Å². The molecule has 1 N–H and O–H groups in total. The van der Waals surface area contributed by atoms with Gasteiger partial charge in [-0.2, -0.15) is 0 Å². The van der Waals surface area contributed by atoms with Gasteiger partial charge in [-0.1, -0.05) is 68.1 Å². The number of nitrogens with zero attached hydrogens (tertiary/aromatic N) is 4. The Morgan fingerprint density at radius 2 is 1.83 bits per heavy atom. The maximum absolute atomic E-state index is 12.5. The normalized spacial score (nSPS) is 12.0. The smallest absolute Gasteiger partial charge is 0.270 e. The topological polar surface area (TPSA) is 81.9 Å². The minimum atomic E-state index is -0.138. The predicted molar refractivity (Wildman–Crippen MR) is 141 cm³/mol. The van der Waals surface area contributed by atoms with Gasteiger partial charge in [0.2, 0.25) is 0 Å². The third kappa shape index (κ3) is 6.10. The molecule has 1 atom stereocenters. The predicted octanol–water partition coefficient (Wildman–Crippen LogP) is 5.39. The fourth-order valence-electron chi connectivity index (χ4n) is 3.40. The van der Waals surface area contributed by atoms with E-state index in [0.717, 1.165) is 33.0 Å². The maximum atomic E-state index is 12.5. The summed E-state index contributed by atoms with van der Waals surface area (Å²) >= 11 is 3.02. The Hall–Kier alpha value is -3.17. The molecular formula is C26H29N5O2S2. The first-order chi connectivity index (χ1) is 17.0. The Bertz CT molecular complexity index is 1270. The van der Waals surface area contributed by atoms with Crippen LogP contribution in [0.4, 0.5) is 0 Å². The van der Waals surface area contributed by atoms with E-state index in [1.165, 1.54) is 23.1 Å². The molecule has 2 heterocycles. The van der Waals surface area contributed by atoms with Crippen LogP contribution in [0.15, 0.2) is 65.1 Å². The van der Waals surface area contributed by atoms with Crippen molar-refractivity contribution < 1.29 is 9.53 Å². The molecule has 7 nitrogen and oxygen atoms in total. The zero-order valence-corrected chi connectivity index (χ0v) is 21.9. The van der Waals surface area contributed by atoms with Crippen LogP contribution in [0.25, 0.3) is 5.69 Å². The van der Waals surface area contributed by atoms with Gasteiger partial charge in [0.25, 0.3) is 5.91 Å². The van der Waals surface area contributed by atoms with Crippen molar-refractivity contribution in [3.63, 3.8) is 0 Å². The van der Waals surface area contributed by atoms with Crippen LogP contribution in [0.3, 0.4) is 0 Å². The number of thioether (sulfide) groups is 1. The summed E-state index contributed by atoms with van der Waals surface area (Å²) in [4.78, 5) is 17.1. The van der Waals surface area contributed by atoms with Crippen molar-refractivity contribution in [2.45, 2.75) is 44.1 Å². The van der Waals surface area contributed by atoms with Crippen LogP contribution in [-0.4, -0.2) is 38.8 Å². The van der Waals surface area contributed by atoms with Crippen molar-refractivity contribution in [3.05, 3.63) is 82.1 Å². The summed E-state index contributed by atoms with van der Waals surface area (Å²) < 4.78 is 7.67. The molecule has 4 aromatic rings. The molecule has 0 bridgehead atoms. The molecule has 0 spiro atoms. The Morgan fingerprint density at radius 1 is 1.09 bits per heavy atom. The number of para-hydroxylation sites is 2. The number of carbonyl (C=O) groups is 1. The number of benzene rings is 2. The van der Waals surface area contributed by atoms with Crippen molar-refractivity contribution in [3.8, 4) is 11.4 Å². The molecular weight excluding hydrogens is 478 g/mol. The minimum absolute atomic E-state index is 0.0875. The molecule has 1 unspecified atom stereocenters. The zero-order chi connectivity index (χ0) is 24.8. The zero-order valence-electron chi connectivity index (χ0n) is 20.3. The first kappa shape index (κ1) is 24.9. The number of hydrogen-bond donors (Lipinski definition) is 1. The number of nitrogens with one attached hydrogen (secondary N) is 1. The maximum Gasteiger partial charge on any atom is 0.270 e.